The smallest absolute Gasteiger partial charge is 0.233 e. The summed E-state index contributed by atoms with van der Waals surface area (Å²) < 4.78 is 0. The lowest BCUT2D eigenvalue weighted by atomic mass is 9.78. The number of aromatic hydroxyl groups is 1. The Balaban J connectivity index is 1.57. The Kier molecular flexibility index (Phi) is 5.40. The number of benzene rings is 3. The summed E-state index contributed by atoms with van der Waals surface area (Å²) >= 11 is 0. The minimum absolute atomic E-state index is 0.0408. The van der Waals surface area contributed by atoms with Gasteiger partial charge in [-0.05, 0) is 49.6 Å². The highest BCUT2D eigenvalue weighted by molar-refractivity contribution is 6.04. The molecule has 4 heteroatoms. The van der Waals surface area contributed by atoms with Gasteiger partial charge in [-0.25, -0.2) is 0 Å². The zero-order valence-corrected chi connectivity index (χ0v) is 17.2. The first-order valence-corrected chi connectivity index (χ1v) is 10.2. The molecule has 1 saturated heterocycles. The maximum absolute atomic E-state index is 13.1. The van der Waals surface area contributed by atoms with Gasteiger partial charge in [-0.2, -0.15) is 0 Å². The Bertz CT molecular complexity index is 1070. The van der Waals surface area contributed by atoms with Crippen LogP contribution in [-0.2, 0) is 4.79 Å². The van der Waals surface area contributed by atoms with E-state index < -0.39 is 0 Å². The second-order valence-electron chi connectivity index (χ2n) is 7.97. The maximum Gasteiger partial charge on any atom is 0.233 e. The van der Waals surface area contributed by atoms with E-state index in [1.165, 1.54) is 0 Å². The average Bonchev–Trinajstić information content (AvgIpc) is 2.74. The molecule has 4 rings (SSSR count). The number of ketones is 1. The van der Waals surface area contributed by atoms with Gasteiger partial charge in [0.2, 0.25) is 5.91 Å². The van der Waals surface area contributed by atoms with Crippen molar-refractivity contribution in [3.8, 4) is 5.75 Å². The summed E-state index contributed by atoms with van der Waals surface area (Å²) in [6.45, 7) is 3.98. The summed E-state index contributed by atoms with van der Waals surface area (Å²) in [5.74, 6) is 0.0298. The van der Waals surface area contributed by atoms with Crippen molar-refractivity contribution in [2.24, 2.45) is 5.92 Å². The molecule has 0 aliphatic carbocycles. The highest BCUT2D eigenvalue weighted by Crippen LogP contribution is 2.46. The number of aryl methyl sites for hydroxylation is 2. The van der Waals surface area contributed by atoms with Crippen LogP contribution >= 0.6 is 0 Å². The van der Waals surface area contributed by atoms with E-state index in [-0.39, 0.29) is 29.4 Å². The van der Waals surface area contributed by atoms with E-state index in [4.69, 9.17) is 0 Å². The van der Waals surface area contributed by atoms with Gasteiger partial charge in [0.15, 0.2) is 5.78 Å². The molecule has 1 heterocycles. The van der Waals surface area contributed by atoms with Crippen molar-refractivity contribution >= 4 is 17.4 Å². The number of hydrogen-bond donors (Lipinski definition) is 1. The van der Waals surface area contributed by atoms with E-state index in [0.29, 0.717) is 18.4 Å². The van der Waals surface area contributed by atoms with Gasteiger partial charge < -0.3 is 10.0 Å². The van der Waals surface area contributed by atoms with Crippen molar-refractivity contribution in [1.29, 1.82) is 0 Å². The molecule has 4 nitrogen and oxygen atoms in total. The lowest BCUT2D eigenvalue weighted by Crippen LogP contribution is -2.55. The Labute approximate surface area is 176 Å². The molecule has 152 valence electrons. The van der Waals surface area contributed by atoms with Crippen LogP contribution in [0.4, 0.5) is 5.69 Å². The lowest BCUT2D eigenvalue weighted by Gasteiger charge is -2.48. The van der Waals surface area contributed by atoms with Gasteiger partial charge in [0.1, 0.15) is 5.75 Å². The zero-order chi connectivity index (χ0) is 21.3. The number of rotatable bonds is 6. The molecule has 0 unspecified atom stereocenters. The van der Waals surface area contributed by atoms with Crippen molar-refractivity contribution in [3.05, 3.63) is 95.1 Å². The van der Waals surface area contributed by atoms with Crippen LogP contribution in [0, 0.1) is 19.8 Å². The number of amides is 1. The van der Waals surface area contributed by atoms with E-state index in [1.54, 1.807) is 12.1 Å². The Hall–Kier alpha value is -3.40. The third-order valence-electron chi connectivity index (χ3n) is 5.88. The van der Waals surface area contributed by atoms with Crippen LogP contribution in [0.5, 0.6) is 5.75 Å². The third-order valence-corrected chi connectivity index (χ3v) is 5.88. The van der Waals surface area contributed by atoms with Crippen LogP contribution in [0.1, 0.15) is 45.9 Å². The normalized spacial score (nSPS) is 18.2. The van der Waals surface area contributed by atoms with Crippen LogP contribution in [0.15, 0.2) is 72.8 Å². The number of hydrogen-bond acceptors (Lipinski definition) is 3. The summed E-state index contributed by atoms with van der Waals surface area (Å²) in [6.07, 6.45) is 0.829. The summed E-state index contributed by atoms with van der Waals surface area (Å²) in [5.41, 5.74) is 4.68. The van der Waals surface area contributed by atoms with Crippen LogP contribution in [-0.4, -0.2) is 16.8 Å². The van der Waals surface area contributed by atoms with Crippen LogP contribution < -0.4 is 4.90 Å². The van der Waals surface area contributed by atoms with Crippen molar-refractivity contribution in [2.45, 2.75) is 32.7 Å². The number of phenols is 1. The molecule has 1 aliphatic heterocycles. The van der Waals surface area contributed by atoms with Crippen molar-refractivity contribution in [3.63, 3.8) is 0 Å². The minimum atomic E-state index is -0.261. The molecule has 30 heavy (non-hydrogen) atoms. The second kappa shape index (κ2) is 8.15. The fourth-order valence-corrected chi connectivity index (χ4v) is 4.16. The lowest BCUT2D eigenvalue weighted by molar-refractivity contribution is -0.130. The van der Waals surface area contributed by atoms with Gasteiger partial charge in [-0.1, -0.05) is 60.2 Å². The number of anilines is 1. The summed E-state index contributed by atoms with van der Waals surface area (Å²) in [5, 5.41) is 9.67. The predicted molar refractivity (Wildman–Crippen MR) is 118 cm³/mol. The molecule has 3 aromatic rings. The Morgan fingerprint density at radius 2 is 1.60 bits per heavy atom. The Morgan fingerprint density at radius 3 is 2.27 bits per heavy atom. The maximum atomic E-state index is 13.1. The zero-order valence-electron chi connectivity index (χ0n) is 17.2. The first kappa shape index (κ1) is 19.9. The molecule has 1 fully saturated rings. The van der Waals surface area contributed by atoms with Crippen molar-refractivity contribution in [2.75, 3.05) is 4.90 Å². The number of β-lactam (4-membered cyclic amide) rings is 1. The monoisotopic (exact) mass is 399 g/mol. The van der Waals surface area contributed by atoms with E-state index in [1.807, 2.05) is 79.4 Å². The molecule has 1 N–H and O–H groups in total. The van der Waals surface area contributed by atoms with E-state index in [2.05, 4.69) is 0 Å². The third kappa shape index (κ3) is 3.73. The van der Waals surface area contributed by atoms with Gasteiger partial charge in [0, 0.05) is 17.7 Å². The molecule has 0 spiro atoms. The van der Waals surface area contributed by atoms with Gasteiger partial charge in [-0.15, -0.1) is 0 Å². The molecule has 1 aliphatic rings. The first-order chi connectivity index (χ1) is 14.5. The van der Waals surface area contributed by atoms with Crippen molar-refractivity contribution in [1.82, 2.24) is 0 Å². The van der Waals surface area contributed by atoms with Crippen molar-refractivity contribution < 1.29 is 14.7 Å². The van der Waals surface area contributed by atoms with Gasteiger partial charge in [0.05, 0.1) is 12.0 Å². The van der Waals surface area contributed by atoms with Gasteiger partial charge in [0.25, 0.3) is 0 Å². The minimum Gasteiger partial charge on any atom is -0.508 e. The fourth-order valence-electron chi connectivity index (χ4n) is 4.16. The average molecular weight is 399 g/mol. The number of para-hydroxylation sites is 1. The highest BCUT2D eigenvalue weighted by Gasteiger charge is 2.48. The number of Topliss-reactive ketones (excluding diaryl/α,β-unsaturated/α-hetero) is 1. The molecule has 3 aromatic carbocycles. The molecule has 0 saturated carbocycles. The number of nitrogens with zero attached hydrogens (tertiary/aromatic N) is 1. The molecule has 2 atom stereocenters. The SMILES string of the molecule is Cc1ccc(C(=O)CC[C@H]2C(=O)N(c3ccccc3C)[C@@H]2c2ccc(O)cc2)cc1. The number of phenolic OH excluding ortho intramolecular Hbond substituents is 1. The predicted octanol–water partition coefficient (Wildman–Crippen LogP) is 5.38. The molecular formula is C26H25NO3. The van der Waals surface area contributed by atoms with Crippen LogP contribution in [0.2, 0.25) is 0 Å². The highest BCUT2D eigenvalue weighted by atomic mass is 16.3. The standard InChI is InChI=1S/C26H25NO3/c1-17-7-9-19(10-8-17)24(29)16-15-22-25(20-11-13-21(28)14-12-20)27(26(22)30)23-6-4-3-5-18(23)2/h3-14,22,25,28H,15-16H2,1-2H3/t22-,25-/m1/s1. The number of carbonyl (C=O) groups is 2. The van der Waals surface area contributed by atoms with E-state index >= 15 is 0 Å². The largest absolute Gasteiger partial charge is 0.508 e. The molecule has 1 amide bonds. The Morgan fingerprint density at radius 1 is 0.933 bits per heavy atom. The second-order valence-corrected chi connectivity index (χ2v) is 7.97. The molecule has 0 aromatic heterocycles. The van der Waals surface area contributed by atoms with E-state index in [0.717, 1.165) is 22.4 Å². The van der Waals surface area contributed by atoms with Gasteiger partial charge >= 0.3 is 0 Å². The first-order valence-electron chi connectivity index (χ1n) is 10.2. The summed E-state index contributed by atoms with van der Waals surface area (Å²) in [4.78, 5) is 27.6. The molecule has 0 radical (unpaired) electrons. The molecule has 0 bridgehead atoms. The summed E-state index contributed by atoms with van der Waals surface area (Å²) in [6, 6.07) is 22.2. The van der Waals surface area contributed by atoms with Crippen LogP contribution in [0.25, 0.3) is 0 Å². The van der Waals surface area contributed by atoms with E-state index in [9.17, 15) is 14.7 Å². The fraction of sp³-hybridized carbons (Fsp3) is 0.231. The van der Waals surface area contributed by atoms with Gasteiger partial charge in [-0.3, -0.25) is 9.59 Å². The number of carbonyl (C=O) groups excluding carboxylic acids is 2. The topological polar surface area (TPSA) is 57.6 Å². The molecular weight excluding hydrogens is 374 g/mol. The summed E-state index contributed by atoms with van der Waals surface area (Å²) in [7, 11) is 0. The quantitative estimate of drug-likeness (QED) is 0.447. The van der Waals surface area contributed by atoms with Crippen LogP contribution in [0.3, 0.4) is 0 Å².